The van der Waals surface area contributed by atoms with Gasteiger partial charge in [-0.1, -0.05) is 32.0 Å². The zero-order chi connectivity index (χ0) is 23.1. The summed E-state index contributed by atoms with van der Waals surface area (Å²) in [5.41, 5.74) is 1.12. The number of nitrogens with zero attached hydrogens (tertiary/aromatic N) is 5. The molecule has 0 fully saturated rings. The zero-order valence-electron chi connectivity index (χ0n) is 17.9. The predicted molar refractivity (Wildman–Crippen MR) is 115 cm³/mol. The van der Waals surface area contributed by atoms with Crippen molar-refractivity contribution < 1.29 is 18.0 Å². The Morgan fingerprint density at radius 3 is 2.53 bits per heavy atom. The Kier molecular flexibility index (Phi) is 5.36. The molecule has 0 unspecified atom stereocenters. The van der Waals surface area contributed by atoms with Gasteiger partial charge in [-0.15, -0.1) is 0 Å². The maximum Gasteiger partial charge on any atom is 0.416 e. The first-order valence-corrected chi connectivity index (χ1v) is 10.1. The molecule has 0 radical (unpaired) electrons. The summed E-state index contributed by atoms with van der Waals surface area (Å²) in [4.78, 5) is 28.9. The number of amides is 2. The monoisotopic (exact) mass is 441 g/mol. The van der Waals surface area contributed by atoms with Crippen molar-refractivity contribution in [2.45, 2.75) is 31.9 Å². The number of aromatic nitrogens is 3. The maximum atomic E-state index is 13.3. The van der Waals surface area contributed by atoms with Crippen LogP contribution >= 0.6 is 0 Å². The predicted octanol–water partition coefficient (Wildman–Crippen LogP) is 5.30. The van der Waals surface area contributed by atoms with Crippen molar-refractivity contribution in [3.8, 4) is 11.3 Å². The number of hydrogen-bond acceptors (Lipinski definition) is 4. The molecule has 4 rings (SSSR count). The number of alkyl halides is 3. The van der Waals surface area contributed by atoms with Gasteiger partial charge in [0.25, 0.3) is 0 Å². The number of fused-ring (bicyclic) bond motifs is 1. The second-order valence-electron chi connectivity index (χ2n) is 8.37. The van der Waals surface area contributed by atoms with Crippen LogP contribution in [0, 0.1) is 0 Å². The van der Waals surface area contributed by atoms with Gasteiger partial charge in [-0.3, -0.25) is 9.80 Å². The second kappa shape index (κ2) is 7.89. The molecule has 2 aromatic heterocycles. The normalized spacial score (nSPS) is 15.2. The van der Waals surface area contributed by atoms with Crippen molar-refractivity contribution in [1.29, 1.82) is 0 Å². The van der Waals surface area contributed by atoms with Crippen LogP contribution in [0.2, 0.25) is 0 Å². The van der Waals surface area contributed by atoms with E-state index in [1.54, 1.807) is 24.1 Å². The number of hydrogen-bond donors (Lipinski definition) is 0. The van der Waals surface area contributed by atoms with Gasteiger partial charge in [0, 0.05) is 24.7 Å². The molecule has 9 heteroatoms. The Balaban J connectivity index is 1.77. The summed E-state index contributed by atoms with van der Waals surface area (Å²) in [5.74, 6) is 0.449. The number of urea groups is 1. The Bertz CT molecular complexity index is 1150. The average molecular weight is 441 g/mol. The van der Waals surface area contributed by atoms with Crippen molar-refractivity contribution in [3.05, 3.63) is 66.2 Å². The first kappa shape index (κ1) is 21.7. The highest BCUT2D eigenvalue weighted by molar-refractivity contribution is 6.03. The largest absolute Gasteiger partial charge is 0.416 e. The van der Waals surface area contributed by atoms with Crippen molar-refractivity contribution in [1.82, 2.24) is 15.0 Å². The van der Waals surface area contributed by atoms with E-state index in [4.69, 9.17) is 0 Å². The number of pyridine rings is 1. The van der Waals surface area contributed by atoms with Crippen molar-refractivity contribution in [2.75, 3.05) is 23.4 Å². The number of carbonyl (C=O) groups excluding carboxylic acids is 1. The topological polar surface area (TPSA) is 62.2 Å². The summed E-state index contributed by atoms with van der Waals surface area (Å²) in [6, 6.07) is 8.28. The van der Waals surface area contributed by atoms with Crippen LogP contribution in [-0.2, 0) is 11.6 Å². The van der Waals surface area contributed by atoms with Crippen molar-refractivity contribution >= 4 is 17.5 Å². The number of benzene rings is 1. The van der Waals surface area contributed by atoms with Crippen LogP contribution in [-0.4, -0.2) is 34.6 Å². The molecule has 3 heterocycles. The molecular weight excluding hydrogens is 419 g/mol. The van der Waals surface area contributed by atoms with Gasteiger partial charge >= 0.3 is 12.2 Å². The molecule has 0 saturated carbocycles. The molecule has 0 aliphatic carbocycles. The lowest BCUT2D eigenvalue weighted by molar-refractivity contribution is -0.137. The Morgan fingerprint density at radius 2 is 1.84 bits per heavy atom. The van der Waals surface area contributed by atoms with Crippen molar-refractivity contribution in [3.63, 3.8) is 0 Å². The zero-order valence-corrected chi connectivity index (χ0v) is 17.9. The van der Waals surface area contributed by atoms with Crippen LogP contribution < -0.4 is 9.80 Å². The van der Waals surface area contributed by atoms with E-state index in [1.807, 2.05) is 6.07 Å². The summed E-state index contributed by atoms with van der Waals surface area (Å²) in [6.07, 6.45) is 0.714. The molecule has 1 aliphatic heterocycles. The fourth-order valence-corrected chi connectivity index (χ4v) is 3.77. The smallest absolute Gasteiger partial charge is 0.294 e. The SMILES string of the molecule is CN(C(=O)N1CCC(C)(C)c2ccc(-c3cccc(C(F)(F)F)c3)nc21)c1cncnc1. The highest BCUT2D eigenvalue weighted by atomic mass is 19.4. The first-order chi connectivity index (χ1) is 15.1. The molecule has 0 N–H and O–H groups in total. The minimum absolute atomic E-state index is 0.236. The van der Waals surface area contributed by atoms with Crippen LogP contribution in [0.15, 0.2) is 55.1 Å². The van der Waals surface area contributed by atoms with E-state index in [0.29, 0.717) is 29.3 Å². The lowest BCUT2D eigenvalue weighted by atomic mass is 9.79. The van der Waals surface area contributed by atoms with Crippen LogP contribution in [0.4, 0.5) is 29.5 Å². The summed E-state index contributed by atoms with van der Waals surface area (Å²) >= 11 is 0. The summed E-state index contributed by atoms with van der Waals surface area (Å²) < 4.78 is 39.6. The molecule has 0 atom stereocenters. The van der Waals surface area contributed by atoms with Crippen LogP contribution in [0.1, 0.15) is 31.4 Å². The maximum absolute atomic E-state index is 13.3. The van der Waals surface area contributed by atoms with Crippen LogP contribution in [0.25, 0.3) is 11.3 Å². The highest BCUT2D eigenvalue weighted by Crippen LogP contribution is 2.40. The number of rotatable bonds is 2. The average Bonchev–Trinajstić information content (AvgIpc) is 2.78. The summed E-state index contributed by atoms with van der Waals surface area (Å²) in [7, 11) is 1.62. The fourth-order valence-electron chi connectivity index (χ4n) is 3.77. The van der Waals surface area contributed by atoms with E-state index in [9.17, 15) is 18.0 Å². The van der Waals surface area contributed by atoms with Gasteiger partial charge in [0.05, 0.1) is 29.3 Å². The van der Waals surface area contributed by atoms with Crippen molar-refractivity contribution in [2.24, 2.45) is 0 Å². The van der Waals surface area contributed by atoms with Gasteiger partial charge in [0.1, 0.15) is 12.1 Å². The van der Waals surface area contributed by atoms with Crippen LogP contribution in [0.3, 0.4) is 0 Å². The number of carbonyl (C=O) groups is 1. The van der Waals surface area contributed by atoms with E-state index in [0.717, 1.165) is 24.1 Å². The van der Waals surface area contributed by atoms with Gasteiger partial charge < -0.3 is 0 Å². The minimum Gasteiger partial charge on any atom is -0.294 e. The molecule has 0 bridgehead atoms. The Hall–Kier alpha value is -3.49. The summed E-state index contributed by atoms with van der Waals surface area (Å²) in [5, 5.41) is 0. The number of anilines is 2. The minimum atomic E-state index is -4.45. The Labute approximate surface area is 183 Å². The first-order valence-electron chi connectivity index (χ1n) is 10.1. The van der Waals surface area contributed by atoms with Gasteiger partial charge in [0.2, 0.25) is 0 Å². The van der Waals surface area contributed by atoms with E-state index < -0.39 is 11.7 Å². The van der Waals surface area contributed by atoms with Gasteiger partial charge in [-0.2, -0.15) is 13.2 Å². The van der Waals surface area contributed by atoms with E-state index >= 15 is 0 Å². The highest BCUT2D eigenvalue weighted by Gasteiger charge is 2.37. The van der Waals surface area contributed by atoms with Gasteiger partial charge in [0.15, 0.2) is 0 Å². The molecule has 0 spiro atoms. The molecule has 3 aromatic rings. The molecular formula is C23H22F3N5O. The quantitative estimate of drug-likeness (QED) is 0.541. The molecule has 2 amide bonds. The second-order valence-corrected chi connectivity index (χ2v) is 8.37. The standard InChI is InChI=1S/C23H22F3N5O/c1-22(2)9-10-31(21(32)30(3)17-12-27-14-28-13-17)20-18(22)7-8-19(29-20)15-5-4-6-16(11-15)23(24,25)26/h4-8,11-14H,9-10H2,1-3H3. The van der Waals surface area contributed by atoms with Crippen LogP contribution in [0.5, 0.6) is 0 Å². The third-order valence-electron chi connectivity index (χ3n) is 5.76. The van der Waals surface area contributed by atoms with E-state index in [2.05, 4.69) is 28.8 Å². The summed E-state index contributed by atoms with van der Waals surface area (Å²) in [6.45, 7) is 4.55. The number of halogens is 3. The molecule has 6 nitrogen and oxygen atoms in total. The fraction of sp³-hybridized carbons (Fsp3) is 0.304. The molecule has 166 valence electrons. The third-order valence-corrected chi connectivity index (χ3v) is 5.76. The molecule has 1 aliphatic rings. The van der Waals surface area contributed by atoms with Gasteiger partial charge in [-0.05, 0) is 30.0 Å². The third kappa shape index (κ3) is 4.02. The van der Waals surface area contributed by atoms with E-state index in [1.165, 1.54) is 29.7 Å². The molecule has 0 saturated heterocycles. The van der Waals surface area contributed by atoms with Gasteiger partial charge in [-0.25, -0.2) is 19.7 Å². The lowest BCUT2D eigenvalue weighted by Gasteiger charge is -2.39. The molecule has 32 heavy (non-hydrogen) atoms. The Morgan fingerprint density at radius 1 is 1.12 bits per heavy atom. The lowest BCUT2D eigenvalue weighted by Crippen LogP contribution is -2.47. The molecule has 1 aromatic carbocycles. The van der Waals surface area contributed by atoms with E-state index in [-0.39, 0.29) is 11.4 Å².